The number of anilines is 2. The van der Waals surface area contributed by atoms with Crippen LogP contribution in [0.25, 0.3) is 43.8 Å². The third-order valence-electron chi connectivity index (χ3n) is 24.3. The standard InChI is InChI=1S/C108H146N18O21/c1-72-40-48-114-92(61-72)112-46-15-23-94(129)116-67-99(134)118-88(65-101(136)137)79-29-25-77(26-30-79)83-20-13-18-75-33-35-81(63-85(75)83)144-59-57-142-55-53-140-51-42-87(123-111)103(110)107(10,11)147-71-105(6,7)121-98(133)39-45-108(43-37-91(109)128,122-96(131)22-12-17-74(3)127)44-38-97(132)120-104(4,5)70-146-106(8,9)90-69-126(125-124-90)50-52-141-54-56-143-58-60-145-82-36-34-76-19-14-21-84(86(76)64-82)78-27-31-80(32-28-78)89(66-102(138)139)119-100(135)68-117-95(130)24-16-47-113-93-62-73(2)41-49-115-93/h13-14,18-21,25-36,40-41,48-49,61-64,69,88-89,123H,12,15-17,22-24,37-39,42-47,50-60,65-68,70-71,110-111H2,1-11H3,(H2,109,128)(H,112,114)(H,113,115)(H,116,129)(H,117,130)(H,118,134)(H,119,135)(H,120,132)(H,121,133)(H,122,131)(H,136,137)(H,138,139)/b103-87-/t88-,89-,108?/m0/s1. The van der Waals surface area contributed by atoms with Gasteiger partial charge < -0.3 is 118 Å². The summed E-state index contributed by atoms with van der Waals surface area (Å²) in [6.07, 6.45) is 6.06. The van der Waals surface area contributed by atoms with Gasteiger partial charge in [0.25, 0.3) is 0 Å². The number of nitrogens with one attached hydrogen (secondary N) is 10. The van der Waals surface area contributed by atoms with E-state index >= 15 is 0 Å². The minimum absolute atomic E-state index is 0.00320. The molecule has 0 aliphatic rings. The van der Waals surface area contributed by atoms with Gasteiger partial charge in [0.2, 0.25) is 47.3 Å². The molecule has 0 bridgehead atoms. The molecule has 18 N–H and O–H groups in total. The average Bonchev–Trinajstić information content (AvgIpc) is 1.35. The van der Waals surface area contributed by atoms with Crippen molar-refractivity contribution in [1.82, 2.24) is 67.6 Å². The summed E-state index contributed by atoms with van der Waals surface area (Å²) in [4.78, 5) is 150. The maximum atomic E-state index is 14.1. The normalized spacial score (nSPS) is 12.7. The van der Waals surface area contributed by atoms with E-state index in [-0.39, 0.29) is 173 Å². The molecular formula is C108H146N18O21. The maximum absolute atomic E-state index is 14.1. The summed E-state index contributed by atoms with van der Waals surface area (Å²) < 4.78 is 50.2. The van der Waals surface area contributed by atoms with Crippen molar-refractivity contribution in [3.8, 4) is 33.8 Å². The number of carbonyl (C=O) groups excluding carboxylic acids is 9. The number of primary amides is 1. The average molecular weight is 2030 g/mol. The van der Waals surface area contributed by atoms with Crippen LogP contribution in [0.2, 0.25) is 0 Å². The molecule has 0 saturated heterocycles. The lowest BCUT2D eigenvalue weighted by Gasteiger charge is -2.37. The Morgan fingerprint density at radius 1 is 0.456 bits per heavy atom. The lowest BCUT2D eigenvalue weighted by atomic mass is 9.82. The molecule has 3 aromatic heterocycles. The smallest absolute Gasteiger partial charge is 0.305 e. The van der Waals surface area contributed by atoms with Crippen LogP contribution in [-0.4, -0.2) is 228 Å². The molecule has 0 saturated carbocycles. The van der Waals surface area contributed by atoms with E-state index in [0.717, 1.165) is 54.9 Å². The molecule has 0 spiro atoms. The number of ketones is 1. The van der Waals surface area contributed by atoms with Crippen molar-refractivity contribution >= 4 is 98.2 Å². The van der Waals surface area contributed by atoms with Crippen LogP contribution >= 0.6 is 0 Å². The first kappa shape index (κ1) is 116. The van der Waals surface area contributed by atoms with Crippen LogP contribution < -0.4 is 80.1 Å². The van der Waals surface area contributed by atoms with Gasteiger partial charge in [-0.1, -0.05) is 102 Å². The van der Waals surface area contributed by atoms with Crippen molar-refractivity contribution < 1.29 is 101 Å². The number of nitrogens with zero attached hydrogens (tertiary/aromatic N) is 5. The minimum Gasteiger partial charge on any atom is -0.491 e. The number of rotatable bonds is 69. The quantitative estimate of drug-likeness (QED) is 0.00956. The van der Waals surface area contributed by atoms with Gasteiger partial charge in [0, 0.05) is 88.1 Å². The first-order valence-electron chi connectivity index (χ1n) is 49.7. The number of nitrogens with two attached hydrogens (primary N) is 3. The van der Waals surface area contributed by atoms with E-state index in [4.69, 9.17) is 55.2 Å². The Balaban J connectivity index is 0.658. The van der Waals surface area contributed by atoms with Gasteiger partial charge in [-0.15, -0.1) is 5.10 Å². The Morgan fingerprint density at radius 2 is 0.898 bits per heavy atom. The van der Waals surface area contributed by atoms with E-state index in [1.807, 2.05) is 149 Å². The van der Waals surface area contributed by atoms with Crippen molar-refractivity contribution in [2.24, 2.45) is 17.3 Å². The molecule has 39 nitrogen and oxygen atoms in total. The van der Waals surface area contributed by atoms with Crippen LogP contribution in [0.15, 0.2) is 176 Å². The summed E-state index contributed by atoms with van der Waals surface area (Å²) >= 11 is 0. The number of hydrogen-bond donors (Lipinski definition) is 15. The molecule has 6 aromatic carbocycles. The predicted molar refractivity (Wildman–Crippen MR) is 558 cm³/mol. The number of aryl methyl sites for hydroxylation is 2. The molecule has 0 aliphatic heterocycles. The second kappa shape index (κ2) is 58.3. The van der Waals surface area contributed by atoms with E-state index in [0.29, 0.717) is 110 Å². The van der Waals surface area contributed by atoms with Crippen molar-refractivity contribution in [2.75, 3.05) is 116 Å². The molecule has 0 radical (unpaired) electrons. The van der Waals surface area contributed by atoms with Gasteiger partial charge in [-0.2, -0.15) is 0 Å². The minimum atomic E-state index is -1.28. The zero-order valence-corrected chi connectivity index (χ0v) is 86.2. The summed E-state index contributed by atoms with van der Waals surface area (Å²) in [5.41, 5.74) is 18.0. The molecule has 39 heteroatoms. The summed E-state index contributed by atoms with van der Waals surface area (Å²) in [6.45, 7) is 23.2. The highest BCUT2D eigenvalue weighted by molar-refractivity contribution is 5.99. The monoisotopic (exact) mass is 2030 g/mol. The molecule has 3 atom stereocenters. The third-order valence-corrected chi connectivity index (χ3v) is 24.3. The van der Waals surface area contributed by atoms with Crippen molar-refractivity contribution in [1.29, 1.82) is 0 Å². The van der Waals surface area contributed by atoms with Gasteiger partial charge in [-0.3, -0.25) is 53.8 Å². The molecule has 8 amide bonds. The van der Waals surface area contributed by atoms with E-state index in [1.54, 1.807) is 89.1 Å². The molecule has 0 aliphatic carbocycles. The Hall–Kier alpha value is -14.1. The number of carboxylic acid groups (broad SMARTS) is 2. The number of ether oxygens (including phenoxy) is 8. The van der Waals surface area contributed by atoms with Gasteiger partial charge in [0.15, 0.2) is 0 Å². The number of aromatic nitrogens is 5. The number of aliphatic carboxylic acids is 2. The molecule has 147 heavy (non-hydrogen) atoms. The fourth-order valence-corrected chi connectivity index (χ4v) is 16.1. The molecule has 794 valence electrons. The van der Waals surface area contributed by atoms with Crippen molar-refractivity contribution in [2.45, 2.75) is 225 Å². The number of carboxylic acids is 2. The van der Waals surface area contributed by atoms with Crippen molar-refractivity contribution in [3.05, 3.63) is 204 Å². The van der Waals surface area contributed by atoms with E-state index in [2.05, 4.69) is 73.6 Å². The molecule has 3 heterocycles. The number of Topliss-reactive ketones (excluding diaryl/α,β-unsaturated/α-hetero) is 1. The first-order valence-corrected chi connectivity index (χ1v) is 49.7. The van der Waals surface area contributed by atoms with E-state index < -0.39 is 87.3 Å². The lowest BCUT2D eigenvalue weighted by molar-refractivity contribution is -0.139. The number of benzene rings is 6. The van der Waals surface area contributed by atoms with Crippen LogP contribution in [0.5, 0.6) is 11.5 Å². The lowest BCUT2D eigenvalue weighted by Crippen LogP contribution is -2.53. The van der Waals surface area contributed by atoms with Crippen LogP contribution in [0.1, 0.15) is 205 Å². The van der Waals surface area contributed by atoms with E-state index in [1.165, 1.54) is 6.92 Å². The van der Waals surface area contributed by atoms with Crippen LogP contribution in [0.3, 0.4) is 0 Å². The Kier molecular flexibility index (Phi) is 46.2. The largest absolute Gasteiger partial charge is 0.491 e. The predicted octanol–water partition coefficient (Wildman–Crippen LogP) is 11.1. The number of amides is 8. The topological polar surface area (TPSA) is 557 Å². The van der Waals surface area contributed by atoms with Gasteiger partial charge in [-0.05, 0) is 229 Å². The third kappa shape index (κ3) is 41.4. The zero-order valence-electron chi connectivity index (χ0n) is 86.2. The Morgan fingerprint density at radius 3 is 1.35 bits per heavy atom. The molecule has 9 aromatic rings. The summed E-state index contributed by atoms with van der Waals surface area (Å²) in [7, 11) is 0. The van der Waals surface area contributed by atoms with Gasteiger partial charge >= 0.3 is 11.9 Å². The fourth-order valence-electron chi connectivity index (χ4n) is 16.1. The van der Waals surface area contributed by atoms with Gasteiger partial charge in [0.05, 0.1) is 134 Å². The highest BCUT2D eigenvalue weighted by Gasteiger charge is 2.38. The van der Waals surface area contributed by atoms with Gasteiger partial charge in [-0.25, -0.2) is 14.6 Å². The van der Waals surface area contributed by atoms with Crippen LogP contribution in [0.4, 0.5) is 11.6 Å². The highest BCUT2D eigenvalue weighted by Crippen LogP contribution is 2.37. The SMILES string of the molecule is CC(=O)CCCC(=O)NC(CCC(N)=O)(CCC(=O)NC(C)(C)COC(C)(C)/C(N)=C(\CCOCCOCCOc1ccc2cccc(-c3ccc([C@H](CC(=O)O)NC(=O)CNC(=O)CCCNc4cc(C)ccn4)cc3)c2c1)NN)CCC(=O)NC(C)(C)COC(C)(C)c1cn(CCOCCOCCOc2ccc3cccc(-c4ccc([C@H](CC(=O)O)NC(=O)CNC(=O)CCCNc5cc(C)ccn5)cc4)c3c2)nn1. The Labute approximate surface area is 858 Å². The maximum Gasteiger partial charge on any atom is 0.305 e. The zero-order chi connectivity index (χ0) is 107. The number of carbonyl (C=O) groups is 11. The van der Waals surface area contributed by atoms with Crippen LogP contribution in [-0.2, 0) is 93.3 Å². The first-order chi connectivity index (χ1) is 70.1. The second-order valence-electron chi connectivity index (χ2n) is 38.7. The van der Waals surface area contributed by atoms with Gasteiger partial charge in [0.1, 0.15) is 59.0 Å². The summed E-state index contributed by atoms with van der Waals surface area (Å²) in [5.74, 6) is 2.85. The van der Waals surface area contributed by atoms with Crippen LogP contribution in [0, 0.1) is 13.8 Å². The molecule has 1 unspecified atom stereocenters. The number of hydrogen-bond acceptors (Lipinski definition) is 28. The summed E-state index contributed by atoms with van der Waals surface area (Å²) in [6, 6.07) is 44.0. The Bertz CT molecular complexity index is 5890. The number of hydrazine groups is 1. The number of fused-ring (bicyclic) bond motifs is 2. The summed E-state index contributed by atoms with van der Waals surface area (Å²) in [5, 5.41) is 58.3. The molecule has 9 rings (SSSR count). The molecular weight excluding hydrogens is 1890 g/mol. The second-order valence-corrected chi connectivity index (χ2v) is 38.7. The fraction of sp³-hybridized carbons (Fsp3) is 0.472. The van der Waals surface area contributed by atoms with E-state index in [9.17, 15) is 63.0 Å². The van der Waals surface area contributed by atoms with Crippen molar-refractivity contribution in [3.63, 3.8) is 0 Å². The highest BCUT2D eigenvalue weighted by atomic mass is 16.6. The number of pyridine rings is 2. The molecule has 0 fully saturated rings.